The van der Waals surface area contributed by atoms with E-state index in [0.29, 0.717) is 5.56 Å². The lowest BCUT2D eigenvalue weighted by Gasteiger charge is -2.07. The van der Waals surface area contributed by atoms with Crippen LogP contribution in [0.4, 0.5) is 10.1 Å². The number of hydrogen-bond acceptors (Lipinski definition) is 2. The molecule has 0 unspecified atom stereocenters. The smallest absolute Gasteiger partial charge is 0.255 e. The van der Waals surface area contributed by atoms with E-state index in [1.54, 1.807) is 24.3 Å². The number of nitriles is 1. The minimum atomic E-state index is -0.517. The largest absolute Gasteiger partial charge is 0.321 e. The van der Waals surface area contributed by atoms with Gasteiger partial charge in [-0.15, -0.1) is 0 Å². The Morgan fingerprint density at radius 2 is 2.05 bits per heavy atom. The van der Waals surface area contributed by atoms with E-state index < -0.39 is 5.82 Å². The molecule has 0 aliphatic rings. The summed E-state index contributed by atoms with van der Waals surface area (Å²) in [7, 11) is 0. The van der Waals surface area contributed by atoms with Gasteiger partial charge in [0.15, 0.2) is 0 Å². The number of halogens is 2. The molecule has 19 heavy (non-hydrogen) atoms. The zero-order chi connectivity index (χ0) is 13.8. The molecule has 0 fully saturated rings. The summed E-state index contributed by atoms with van der Waals surface area (Å²) >= 11 is 3.27. The van der Waals surface area contributed by atoms with Crippen molar-refractivity contribution in [3.05, 3.63) is 63.9 Å². The van der Waals surface area contributed by atoms with Crippen molar-refractivity contribution in [2.45, 2.75) is 0 Å². The third-order valence-electron chi connectivity index (χ3n) is 2.44. The van der Waals surface area contributed by atoms with Crippen molar-refractivity contribution in [1.29, 1.82) is 5.26 Å². The number of nitrogens with zero attached hydrogens (tertiary/aromatic N) is 1. The molecular formula is C14H8BrFN2O. The molecule has 2 rings (SSSR count). The number of rotatable bonds is 2. The average molecular weight is 319 g/mol. The monoisotopic (exact) mass is 318 g/mol. The van der Waals surface area contributed by atoms with Gasteiger partial charge in [-0.2, -0.15) is 5.26 Å². The summed E-state index contributed by atoms with van der Waals surface area (Å²) in [5.41, 5.74) is 0.819. The number of amides is 1. The summed E-state index contributed by atoms with van der Waals surface area (Å²) in [4.78, 5) is 12.0. The minimum absolute atomic E-state index is 0.0864. The van der Waals surface area contributed by atoms with Gasteiger partial charge >= 0.3 is 0 Å². The highest BCUT2D eigenvalue weighted by atomic mass is 79.9. The van der Waals surface area contributed by atoms with Crippen LogP contribution in [-0.4, -0.2) is 5.91 Å². The lowest BCUT2D eigenvalue weighted by molar-refractivity contribution is 0.102. The fraction of sp³-hybridized carbons (Fsp3) is 0. The van der Waals surface area contributed by atoms with Crippen LogP contribution in [0.5, 0.6) is 0 Å². The van der Waals surface area contributed by atoms with Gasteiger partial charge in [0.05, 0.1) is 11.3 Å². The highest BCUT2D eigenvalue weighted by Crippen LogP contribution is 2.18. The number of carbonyl (C=O) groups excluding carboxylic acids is 1. The van der Waals surface area contributed by atoms with Gasteiger partial charge in [0.1, 0.15) is 11.9 Å². The summed E-state index contributed by atoms with van der Waals surface area (Å²) in [5, 5.41) is 11.5. The van der Waals surface area contributed by atoms with Crippen molar-refractivity contribution in [3.8, 4) is 6.07 Å². The fourth-order valence-electron chi connectivity index (χ4n) is 1.54. The van der Waals surface area contributed by atoms with Crippen LogP contribution in [0.2, 0.25) is 0 Å². The lowest BCUT2D eigenvalue weighted by Crippen LogP contribution is -2.12. The van der Waals surface area contributed by atoms with Crippen LogP contribution < -0.4 is 5.32 Å². The van der Waals surface area contributed by atoms with Crippen LogP contribution in [0.25, 0.3) is 0 Å². The Balaban J connectivity index is 2.27. The van der Waals surface area contributed by atoms with E-state index in [1.807, 2.05) is 6.07 Å². The van der Waals surface area contributed by atoms with Crippen LogP contribution in [0.15, 0.2) is 46.9 Å². The predicted octanol–water partition coefficient (Wildman–Crippen LogP) is 3.71. The Kier molecular flexibility index (Phi) is 3.93. The van der Waals surface area contributed by atoms with Crippen molar-refractivity contribution < 1.29 is 9.18 Å². The third-order valence-corrected chi connectivity index (χ3v) is 2.93. The number of hydrogen-bond donors (Lipinski definition) is 1. The Morgan fingerprint density at radius 1 is 1.26 bits per heavy atom. The van der Waals surface area contributed by atoms with Crippen molar-refractivity contribution >= 4 is 27.5 Å². The number of nitrogens with one attached hydrogen (secondary N) is 1. The van der Waals surface area contributed by atoms with Gasteiger partial charge in [0.25, 0.3) is 5.91 Å². The van der Waals surface area contributed by atoms with Crippen molar-refractivity contribution in [1.82, 2.24) is 0 Å². The molecule has 0 atom stereocenters. The molecule has 94 valence electrons. The van der Waals surface area contributed by atoms with Gasteiger partial charge in [-0.25, -0.2) is 4.39 Å². The topological polar surface area (TPSA) is 52.9 Å². The molecule has 3 nitrogen and oxygen atoms in total. The average Bonchev–Trinajstić information content (AvgIpc) is 2.40. The molecule has 0 aromatic heterocycles. The molecule has 0 saturated heterocycles. The molecule has 2 aromatic rings. The lowest BCUT2D eigenvalue weighted by atomic mass is 10.1. The Labute approximate surface area is 117 Å². The first-order chi connectivity index (χ1) is 9.10. The van der Waals surface area contributed by atoms with Crippen LogP contribution in [0.1, 0.15) is 15.9 Å². The van der Waals surface area contributed by atoms with Gasteiger partial charge in [-0.05, 0) is 36.4 Å². The summed E-state index contributed by atoms with van der Waals surface area (Å²) in [6, 6.07) is 12.3. The number of carbonyl (C=O) groups is 1. The maximum Gasteiger partial charge on any atom is 0.255 e. The van der Waals surface area contributed by atoms with Crippen molar-refractivity contribution in [3.63, 3.8) is 0 Å². The van der Waals surface area contributed by atoms with E-state index in [-0.39, 0.29) is 17.2 Å². The molecule has 0 saturated carbocycles. The van der Waals surface area contributed by atoms with E-state index in [0.717, 1.165) is 10.5 Å². The van der Waals surface area contributed by atoms with Gasteiger partial charge in [-0.1, -0.05) is 22.0 Å². The van der Waals surface area contributed by atoms with E-state index >= 15 is 0 Å². The number of benzene rings is 2. The van der Waals surface area contributed by atoms with Gasteiger partial charge < -0.3 is 5.32 Å². The maximum atomic E-state index is 13.0. The molecule has 2 aromatic carbocycles. The van der Waals surface area contributed by atoms with Gasteiger partial charge in [0, 0.05) is 10.0 Å². The zero-order valence-electron chi connectivity index (χ0n) is 9.65. The van der Waals surface area contributed by atoms with E-state index in [4.69, 9.17) is 5.26 Å². The quantitative estimate of drug-likeness (QED) is 0.917. The molecular weight excluding hydrogens is 311 g/mol. The van der Waals surface area contributed by atoms with E-state index in [2.05, 4.69) is 21.2 Å². The van der Waals surface area contributed by atoms with Crippen LogP contribution in [0.3, 0.4) is 0 Å². The highest BCUT2D eigenvalue weighted by molar-refractivity contribution is 9.10. The van der Waals surface area contributed by atoms with E-state index in [9.17, 15) is 9.18 Å². The van der Waals surface area contributed by atoms with E-state index in [1.165, 1.54) is 12.1 Å². The molecule has 5 heteroatoms. The highest BCUT2D eigenvalue weighted by Gasteiger charge is 2.10. The predicted molar refractivity (Wildman–Crippen MR) is 73.2 cm³/mol. The first-order valence-corrected chi connectivity index (χ1v) is 6.16. The Morgan fingerprint density at radius 3 is 2.74 bits per heavy atom. The van der Waals surface area contributed by atoms with Crippen molar-refractivity contribution in [2.75, 3.05) is 5.32 Å². The first-order valence-electron chi connectivity index (χ1n) is 5.37. The molecule has 0 aliphatic carbocycles. The maximum absolute atomic E-state index is 13.0. The van der Waals surface area contributed by atoms with Crippen LogP contribution >= 0.6 is 15.9 Å². The van der Waals surface area contributed by atoms with Gasteiger partial charge in [-0.3, -0.25) is 4.79 Å². The second kappa shape index (κ2) is 5.63. The molecule has 0 heterocycles. The molecule has 1 amide bonds. The molecule has 0 bridgehead atoms. The van der Waals surface area contributed by atoms with Crippen LogP contribution in [-0.2, 0) is 0 Å². The second-order valence-electron chi connectivity index (χ2n) is 3.77. The molecule has 1 N–H and O–H groups in total. The SMILES string of the molecule is N#Cc1cc(F)ccc1NC(=O)c1cccc(Br)c1. The Bertz CT molecular complexity index is 679. The summed E-state index contributed by atoms with van der Waals surface area (Å²) in [6.45, 7) is 0. The number of anilines is 1. The zero-order valence-corrected chi connectivity index (χ0v) is 11.2. The molecule has 0 aliphatic heterocycles. The Hall–Kier alpha value is -2.19. The fourth-order valence-corrected chi connectivity index (χ4v) is 1.94. The van der Waals surface area contributed by atoms with Crippen LogP contribution in [0, 0.1) is 17.1 Å². The normalized spacial score (nSPS) is 9.74. The molecule has 0 radical (unpaired) electrons. The standard InChI is InChI=1S/C14H8BrFN2O/c15-11-3-1-2-9(6-11)14(19)18-13-5-4-12(16)7-10(13)8-17/h1-7H,(H,18,19). The summed E-state index contributed by atoms with van der Waals surface area (Å²) in [6.07, 6.45) is 0. The minimum Gasteiger partial charge on any atom is -0.321 e. The van der Waals surface area contributed by atoms with Gasteiger partial charge in [0.2, 0.25) is 0 Å². The summed E-state index contributed by atoms with van der Waals surface area (Å²) in [5.74, 6) is -0.874. The van der Waals surface area contributed by atoms with Crippen molar-refractivity contribution in [2.24, 2.45) is 0 Å². The third kappa shape index (κ3) is 3.18. The first kappa shape index (κ1) is 13.2. The molecule has 0 spiro atoms. The summed E-state index contributed by atoms with van der Waals surface area (Å²) < 4.78 is 13.8. The second-order valence-corrected chi connectivity index (χ2v) is 4.68.